The molecule has 0 radical (unpaired) electrons. The van der Waals surface area contributed by atoms with Crippen LogP contribution in [0.25, 0.3) is 0 Å². The van der Waals surface area contributed by atoms with Crippen molar-refractivity contribution < 1.29 is 4.74 Å². The lowest BCUT2D eigenvalue weighted by atomic mass is 10.7. The molecule has 4 nitrogen and oxygen atoms in total. The molecule has 0 unspecified atom stereocenters. The summed E-state index contributed by atoms with van der Waals surface area (Å²) in [5.74, 6) is 1.86. The van der Waals surface area contributed by atoms with Gasteiger partial charge in [-0.15, -0.1) is 10.2 Å². The smallest absolute Gasteiger partial charge is 0.191 e. The second-order valence-corrected chi connectivity index (χ2v) is 3.49. The Hall–Kier alpha value is -0.550. The molecule has 0 fully saturated rings. The summed E-state index contributed by atoms with van der Waals surface area (Å²) in [6, 6.07) is 0. The van der Waals surface area contributed by atoms with Crippen molar-refractivity contribution in [1.82, 2.24) is 14.8 Å². The summed E-state index contributed by atoms with van der Waals surface area (Å²) in [5.41, 5.74) is 0. The van der Waals surface area contributed by atoms with E-state index in [1.807, 2.05) is 18.5 Å². The normalized spacial score (nSPS) is 10.6. The third-order valence-corrected chi connectivity index (χ3v) is 2.56. The van der Waals surface area contributed by atoms with Gasteiger partial charge in [0.2, 0.25) is 0 Å². The molecule has 5 heteroatoms. The van der Waals surface area contributed by atoms with Crippen molar-refractivity contribution in [1.29, 1.82) is 0 Å². The van der Waals surface area contributed by atoms with Crippen LogP contribution in [0.5, 0.6) is 0 Å². The maximum atomic E-state index is 4.93. The summed E-state index contributed by atoms with van der Waals surface area (Å²) in [7, 11) is 3.66. The number of aromatic nitrogens is 3. The Morgan fingerprint density at radius 2 is 2.25 bits per heavy atom. The van der Waals surface area contributed by atoms with Gasteiger partial charge in [0, 0.05) is 19.9 Å². The van der Waals surface area contributed by atoms with Crippen molar-refractivity contribution in [3.8, 4) is 0 Å². The van der Waals surface area contributed by atoms with Crippen LogP contribution in [0.3, 0.4) is 0 Å². The first-order chi connectivity index (χ1) is 5.75. The first-order valence-corrected chi connectivity index (χ1v) is 4.72. The lowest BCUT2D eigenvalue weighted by Gasteiger charge is -1.99. The van der Waals surface area contributed by atoms with Crippen LogP contribution in [0, 0.1) is 6.92 Å². The van der Waals surface area contributed by atoms with E-state index in [9.17, 15) is 0 Å². The van der Waals surface area contributed by atoms with Crippen LogP contribution in [0.15, 0.2) is 5.16 Å². The van der Waals surface area contributed by atoms with Crippen LogP contribution in [-0.4, -0.2) is 34.2 Å². The molecule has 1 aromatic heterocycles. The molecular formula is C7H13N3OS. The first-order valence-electron chi connectivity index (χ1n) is 3.73. The minimum atomic E-state index is 0.747. The molecule has 0 aromatic carbocycles. The molecule has 0 bridgehead atoms. The van der Waals surface area contributed by atoms with E-state index in [1.165, 1.54) is 0 Å². The van der Waals surface area contributed by atoms with Crippen molar-refractivity contribution in [2.45, 2.75) is 12.1 Å². The fourth-order valence-corrected chi connectivity index (χ4v) is 1.59. The van der Waals surface area contributed by atoms with Crippen molar-refractivity contribution in [2.24, 2.45) is 7.05 Å². The average molecular weight is 187 g/mol. The zero-order valence-corrected chi connectivity index (χ0v) is 8.39. The second-order valence-electron chi connectivity index (χ2n) is 2.43. The van der Waals surface area contributed by atoms with Gasteiger partial charge < -0.3 is 9.30 Å². The third-order valence-electron chi connectivity index (χ3n) is 1.57. The quantitative estimate of drug-likeness (QED) is 0.518. The fourth-order valence-electron chi connectivity index (χ4n) is 0.730. The maximum Gasteiger partial charge on any atom is 0.191 e. The Morgan fingerprint density at radius 3 is 2.75 bits per heavy atom. The van der Waals surface area contributed by atoms with Gasteiger partial charge in [0.25, 0.3) is 0 Å². The second kappa shape index (κ2) is 4.47. The van der Waals surface area contributed by atoms with E-state index >= 15 is 0 Å². The highest BCUT2D eigenvalue weighted by Gasteiger charge is 2.03. The van der Waals surface area contributed by atoms with Crippen LogP contribution in [0.4, 0.5) is 0 Å². The lowest BCUT2D eigenvalue weighted by Crippen LogP contribution is -1.97. The maximum absolute atomic E-state index is 4.93. The van der Waals surface area contributed by atoms with Gasteiger partial charge in [-0.05, 0) is 6.92 Å². The van der Waals surface area contributed by atoms with Gasteiger partial charge in [0.1, 0.15) is 5.82 Å². The molecule has 0 saturated heterocycles. The number of methoxy groups -OCH3 is 1. The highest BCUT2D eigenvalue weighted by Crippen LogP contribution is 2.14. The summed E-state index contributed by atoms with van der Waals surface area (Å²) in [6.45, 7) is 2.68. The van der Waals surface area contributed by atoms with Gasteiger partial charge in [-0.2, -0.15) is 0 Å². The Labute approximate surface area is 76.3 Å². The zero-order valence-electron chi connectivity index (χ0n) is 7.57. The topological polar surface area (TPSA) is 39.9 Å². The molecule has 1 rings (SSSR count). The average Bonchev–Trinajstić information content (AvgIpc) is 2.36. The van der Waals surface area contributed by atoms with Crippen LogP contribution in [0.2, 0.25) is 0 Å². The number of hydrogen-bond donors (Lipinski definition) is 0. The highest BCUT2D eigenvalue weighted by molar-refractivity contribution is 7.99. The SMILES string of the molecule is COCCSc1nnc(C)n1C. The van der Waals surface area contributed by atoms with Crippen molar-refractivity contribution in [3.63, 3.8) is 0 Å². The van der Waals surface area contributed by atoms with Gasteiger partial charge in [0.05, 0.1) is 6.61 Å². The van der Waals surface area contributed by atoms with Gasteiger partial charge in [-0.3, -0.25) is 0 Å². The van der Waals surface area contributed by atoms with E-state index in [1.54, 1.807) is 18.9 Å². The summed E-state index contributed by atoms with van der Waals surface area (Å²) >= 11 is 1.66. The summed E-state index contributed by atoms with van der Waals surface area (Å²) < 4.78 is 6.90. The highest BCUT2D eigenvalue weighted by atomic mass is 32.2. The van der Waals surface area contributed by atoms with E-state index < -0.39 is 0 Å². The molecule has 0 spiro atoms. The predicted molar refractivity (Wildman–Crippen MR) is 48.3 cm³/mol. The van der Waals surface area contributed by atoms with E-state index in [2.05, 4.69) is 10.2 Å². The first kappa shape index (κ1) is 9.54. The molecule has 0 amide bonds. The molecule has 68 valence electrons. The fraction of sp³-hybridized carbons (Fsp3) is 0.714. The van der Waals surface area contributed by atoms with Gasteiger partial charge in [0.15, 0.2) is 5.16 Å². The van der Waals surface area contributed by atoms with Gasteiger partial charge in [-0.1, -0.05) is 11.8 Å². The van der Waals surface area contributed by atoms with Crippen LogP contribution in [-0.2, 0) is 11.8 Å². The monoisotopic (exact) mass is 187 g/mol. The van der Waals surface area contributed by atoms with Crippen LogP contribution < -0.4 is 0 Å². The summed E-state index contributed by atoms with van der Waals surface area (Å²) in [5, 5.41) is 8.90. The number of nitrogens with zero attached hydrogens (tertiary/aromatic N) is 3. The number of rotatable bonds is 4. The molecule has 1 heterocycles. The van der Waals surface area contributed by atoms with Gasteiger partial charge in [-0.25, -0.2) is 0 Å². The number of ether oxygens (including phenoxy) is 1. The molecule has 0 aliphatic carbocycles. The molecule has 0 atom stereocenters. The molecular weight excluding hydrogens is 174 g/mol. The third kappa shape index (κ3) is 2.22. The Kier molecular flexibility index (Phi) is 3.55. The minimum Gasteiger partial charge on any atom is -0.384 e. The number of hydrogen-bond acceptors (Lipinski definition) is 4. The molecule has 0 aliphatic rings. The molecule has 12 heavy (non-hydrogen) atoms. The molecule has 1 aromatic rings. The van der Waals surface area contributed by atoms with E-state index in [0.717, 1.165) is 23.3 Å². The molecule has 0 aliphatic heterocycles. The standard InChI is InChI=1S/C7H13N3OS/c1-6-8-9-7(10(6)2)12-5-4-11-3/h4-5H2,1-3H3. The van der Waals surface area contributed by atoms with Crippen molar-refractivity contribution in [3.05, 3.63) is 5.82 Å². The minimum absolute atomic E-state index is 0.747. The van der Waals surface area contributed by atoms with E-state index in [0.29, 0.717) is 0 Å². The van der Waals surface area contributed by atoms with Gasteiger partial charge >= 0.3 is 0 Å². The van der Waals surface area contributed by atoms with Crippen LogP contribution >= 0.6 is 11.8 Å². The molecule has 0 N–H and O–H groups in total. The summed E-state index contributed by atoms with van der Waals surface area (Å²) in [4.78, 5) is 0. The van der Waals surface area contributed by atoms with Crippen LogP contribution in [0.1, 0.15) is 5.82 Å². The largest absolute Gasteiger partial charge is 0.384 e. The predicted octanol–water partition coefficient (Wildman–Crippen LogP) is 0.862. The lowest BCUT2D eigenvalue weighted by molar-refractivity contribution is 0.218. The Balaban J connectivity index is 2.46. The van der Waals surface area contributed by atoms with Crippen molar-refractivity contribution >= 4 is 11.8 Å². The number of thioether (sulfide) groups is 1. The van der Waals surface area contributed by atoms with Crippen molar-refractivity contribution in [2.75, 3.05) is 19.5 Å². The molecule has 0 saturated carbocycles. The summed E-state index contributed by atoms with van der Waals surface area (Å²) in [6.07, 6.45) is 0. The number of aryl methyl sites for hydroxylation is 1. The van der Waals surface area contributed by atoms with E-state index in [4.69, 9.17) is 4.74 Å². The zero-order chi connectivity index (χ0) is 8.97. The Morgan fingerprint density at radius 1 is 1.50 bits per heavy atom. The van der Waals surface area contributed by atoms with E-state index in [-0.39, 0.29) is 0 Å². The Bertz CT molecular complexity index is 249.